The van der Waals surface area contributed by atoms with E-state index in [-0.39, 0.29) is 11.6 Å². The first-order valence-electron chi connectivity index (χ1n) is 6.14. The highest BCUT2D eigenvalue weighted by Crippen LogP contribution is 2.31. The van der Waals surface area contributed by atoms with E-state index in [1.807, 2.05) is 6.92 Å². The largest absolute Gasteiger partial charge is 0.490 e. The number of rotatable bonds is 6. The van der Waals surface area contributed by atoms with Gasteiger partial charge in [0.1, 0.15) is 12.5 Å². The van der Waals surface area contributed by atoms with Gasteiger partial charge in [-0.2, -0.15) is 0 Å². The fourth-order valence-corrected chi connectivity index (χ4v) is 1.60. The quantitative estimate of drug-likeness (QED) is 0.461. The van der Waals surface area contributed by atoms with E-state index in [0.717, 1.165) is 6.20 Å². The molecule has 0 saturated carbocycles. The predicted molar refractivity (Wildman–Crippen MR) is 74.0 cm³/mol. The van der Waals surface area contributed by atoms with Gasteiger partial charge in [0.15, 0.2) is 11.5 Å². The number of hydrogen-bond donors (Lipinski definition) is 0. The Morgan fingerprint density at radius 3 is 2.67 bits per heavy atom. The van der Waals surface area contributed by atoms with Crippen molar-refractivity contribution in [2.45, 2.75) is 6.92 Å². The monoisotopic (exact) mass is 288 g/mol. The average Bonchev–Trinajstić information content (AvgIpc) is 2.49. The summed E-state index contributed by atoms with van der Waals surface area (Å²) in [6.45, 7) is 2.22. The Morgan fingerprint density at radius 2 is 2.10 bits per heavy atom. The summed E-state index contributed by atoms with van der Waals surface area (Å²) in [5, 5.41) is 10.6. The summed E-state index contributed by atoms with van der Waals surface area (Å²) in [4.78, 5) is 24.6. The highest BCUT2D eigenvalue weighted by molar-refractivity contribution is 5.76. The molecule has 0 atom stereocenters. The molecule has 0 aliphatic rings. The van der Waals surface area contributed by atoms with Crippen LogP contribution in [0.5, 0.6) is 17.4 Å². The number of carbonyl (C=O) groups excluding carboxylic acids is 1. The fraction of sp³-hybridized carbons (Fsp3) is 0.143. The van der Waals surface area contributed by atoms with Gasteiger partial charge >= 0.3 is 0 Å². The van der Waals surface area contributed by atoms with E-state index in [1.165, 1.54) is 12.1 Å². The molecule has 21 heavy (non-hydrogen) atoms. The van der Waals surface area contributed by atoms with Gasteiger partial charge in [0, 0.05) is 17.7 Å². The number of nitrogens with zero attached hydrogens (tertiary/aromatic N) is 2. The molecule has 7 nitrogen and oxygen atoms in total. The van der Waals surface area contributed by atoms with E-state index in [2.05, 4.69) is 4.98 Å². The van der Waals surface area contributed by atoms with E-state index in [0.29, 0.717) is 30.0 Å². The lowest BCUT2D eigenvalue weighted by molar-refractivity contribution is -0.385. The van der Waals surface area contributed by atoms with Gasteiger partial charge in [0.25, 0.3) is 5.69 Å². The molecule has 108 valence electrons. The molecule has 0 bridgehead atoms. The summed E-state index contributed by atoms with van der Waals surface area (Å²) in [5.41, 5.74) is 0.339. The van der Waals surface area contributed by atoms with E-state index >= 15 is 0 Å². The average molecular weight is 288 g/mol. The fourth-order valence-electron chi connectivity index (χ4n) is 1.60. The Labute approximate surface area is 120 Å². The van der Waals surface area contributed by atoms with Crippen LogP contribution < -0.4 is 9.47 Å². The third-order valence-electron chi connectivity index (χ3n) is 2.55. The number of benzene rings is 1. The summed E-state index contributed by atoms with van der Waals surface area (Å²) >= 11 is 0. The highest BCUT2D eigenvalue weighted by Gasteiger charge is 2.10. The van der Waals surface area contributed by atoms with Crippen molar-refractivity contribution in [3.05, 3.63) is 52.2 Å². The molecule has 7 heteroatoms. The van der Waals surface area contributed by atoms with Crippen LogP contribution in [0.25, 0.3) is 0 Å². The van der Waals surface area contributed by atoms with Gasteiger partial charge in [-0.1, -0.05) is 0 Å². The van der Waals surface area contributed by atoms with Crippen LogP contribution >= 0.6 is 0 Å². The first kappa shape index (κ1) is 14.4. The molecule has 0 spiro atoms. The second-order valence-electron chi connectivity index (χ2n) is 3.97. The minimum Gasteiger partial charge on any atom is -0.490 e. The molecule has 0 fully saturated rings. The van der Waals surface area contributed by atoms with Crippen LogP contribution in [0.4, 0.5) is 5.69 Å². The predicted octanol–water partition coefficient (Wildman–Crippen LogP) is 2.99. The van der Waals surface area contributed by atoms with Gasteiger partial charge < -0.3 is 9.47 Å². The van der Waals surface area contributed by atoms with Crippen molar-refractivity contribution in [1.82, 2.24) is 4.98 Å². The van der Waals surface area contributed by atoms with Crippen LogP contribution in [-0.4, -0.2) is 22.8 Å². The standard InChI is InChI=1S/C14H12N2O5/c1-2-20-13-7-10(9-17)3-5-12(13)21-14-6-4-11(8-15-14)16(18)19/h3-9H,2H2,1H3. The highest BCUT2D eigenvalue weighted by atomic mass is 16.6. The lowest BCUT2D eigenvalue weighted by Crippen LogP contribution is -1.97. The summed E-state index contributed by atoms with van der Waals surface area (Å²) in [5.74, 6) is 0.978. The second kappa shape index (κ2) is 6.47. The summed E-state index contributed by atoms with van der Waals surface area (Å²) in [6, 6.07) is 7.40. The molecule has 0 unspecified atom stereocenters. The summed E-state index contributed by atoms with van der Waals surface area (Å²) in [7, 11) is 0. The van der Waals surface area contributed by atoms with Crippen LogP contribution in [0.3, 0.4) is 0 Å². The van der Waals surface area contributed by atoms with E-state index in [1.54, 1.807) is 18.2 Å². The number of ether oxygens (including phenoxy) is 2. The summed E-state index contributed by atoms with van der Waals surface area (Å²) < 4.78 is 10.9. The maximum Gasteiger partial charge on any atom is 0.287 e. The molecular weight excluding hydrogens is 276 g/mol. The van der Waals surface area contributed by atoms with Crippen molar-refractivity contribution in [3.8, 4) is 17.4 Å². The molecule has 0 aliphatic carbocycles. The van der Waals surface area contributed by atoms with Crippen LogP contribution in [0.15, 0.2) is 36.5 Å². The van der Waals surface area contributed by atoms with Crippen molar-refractivity contribution in [3.63, 3.8) is 0 Å². The maximum atomic E-state index is 10.8. The first-order valence-corrected chi connectivity index (χ1v) is 6.14. The van der Waals surface area contributed by atoms with Gasteiger partial charge in [-0.05, 0) is 25.1 Å². The van der Waals surface area contributed by atoms with Crippen molar-refractivity contribution in [1.29, 1.82) is 0 Å². The van der Waals surface area contributed by atoms with Crippen molar-refractivity contribution >= 4 is 12.0 Å². The van der Waals surface area contributed by atoms with Crippen LogP contribution in [0.1, 0.15) is 17.3 Å². The Hall–Kier alpha value is -2.96. The van der Waals surface area contributed by atoms with Crippen LogP contribution in [0, 0.1) is 10.1 Å². The molecule has 1 aromatic carbocycles. The summed E-state index contributed by atoms with van der Waals surface area (Å²) in [6.07, 6.45) is 1.81. The molecule has 1 heterocycles. The molecule has 2 aromatic rings. The minimum atomic E-state index is -0.540. The van der Waals surface area contributed by atoms with E-state index in [9.17, 15) is 14.9 Å². The molecule has 0 radical (unpaired) electrons. The lowest BCUT2D eigenvalue weighted by atomic mass is 10.2. The molecule has 2 rings (SSSR count). The second-order valence-corrected chi connectivity index (χ2v) is 3.97. The SMILES string of the molecule is CCOc1cc(C=O)ccc1Oc1ccc([N+](=O)[O-])cn1. The Kier molecular flexibility index (Phi) is 4.45. The first-order chi connectivity index (χ1) is 10.1. The molecule has 0 amide bonds. The molecule has 1 aromatic heterocycles. The van der Waals surface area contributed by atoms with Gasteiger partial charge in [0.2, 0.25) is 5.88 Å². The van der Waals surface area contributed by atoms with Crippen molar-refractivity contribution < 1.29 is 19.2 Å². The van der Waals surface area contributed by atoms with E-state index < -0.39 is 4.92 Å². The number of carbonyl (C=O) groups is 1. The number of hydrogen-bond acceptors (Lipinski definition) is 6. The Bertz CT molecular complexity index is 655. The van der Waals surface area contributed by atoms with Gasteiger partial charge in [-0.25, -0.2) is 4.98 Å². The van der Waals surface area contributed by atoms with E-state index in [4.69, 9.17) is 9.47 Å². The van der Waals surface area contributed by atoms with Gasteiger partial charge in [-0.15, -0.1) is 0 Å². The number of nitro groups is 1. The third-order valence-corrected chi connectivity index (χ3v) is 2.55. The van der Waals surface area contributed by atoms with Crippen LogP contribution in [0.2, 0.25) is 0 Å². The topological polar surface area (TPSA) is 91.6 Å². The number of aldehydes is 1. The normalized spacial score (nSPS) is 9.95. The zero-order chi connectivity index (χ0) is 15.2. The zero-order valence-corrected chi connectivity index (χ0v) is 11.2. The van der Waals surface area contributed by atoms with Crippen LogP contribution in [-0.2, 0) is 0 Å². The van der Waals surface area contributed by atoms with Gasteiger partial charge in [0.05, 0.1) is 11.5 Å². The molecule has 0 N–H and O–H groups in total. The zero-order valence-electron chi connectivity index (χ0n) is 11.2. The minimum absolute atomic E-state index is 0.122. The smallest absolute Gasteiger partial charge is 0.287 e. The Morgan fingerprint density at radius 1 is 1.29 bits per heavy atom. The Balaban J connectivity index is 2.25. The molecular formula is C14H12N2O5. The maximum absolute atomic E-state index is 10.8. The molecule has 0 saturated heterocycles. The lowest BCUT2D eigenvalue weighted by Gasteiger charge is -2.11. The number of pyridine rings is 1. The van der Waals surface area contributed by atoms with Crippen molar-refractivity contribution in [2.24, 2.45) is 0 Å². The molecule has 0 aliphatic heterocycles. The third kappa shape index (κ3) is 3.53. The van der Waals surface area contributed by atoms with Gasteiger partial charge in [-0.3, -0.25) is 14.9 Å². The van der Waals surface area contributed by atoms with Crippen molar-refractivity contribution in [2.75, 3.05) is 6.61 Å². The number of aromatic nitrogens is 1.